The first-order valence-electron chi connectivity index (χ1n) is 6.18. The van der Waals surface area contributed by atoms with Crippen LogP contribution in [0.5, 0.6) is 5.75 Å². The van der Waals surface area contributed by atoms with Crippen LogP contribution in [0.2, 0.25) is 0 Å². The Balaban J connectivity index is 2.13. The van der Waals surface area contributed by atoms with Gasteiger partial charge in [-0.2, -0.15) is 0 Å². The van der Waals surface area contributed by atoms with Crippen LogP contribution in [0, 0.1) is 0 Å². The van der Waals surface area contributed by atoms with E-state index in [4.69, 9.17) is 4.74 Å². The Labute approximate surface area is 115 Å². The largest absolute Gasteiger partial charge is 0.488 e. The van der Waals surface area contributed by atoms with Gasteiger partial charge in [-0.25, -0.2) is 4.79 Å². The molecule has 1 heterocycles. The van der Waals surface area contributed by atoms with Crippen molar-refractivity contribution in [3.63, 3.8) is 0 Å². The van der Waals surface area contributed by atoms with E-state index in [-0.39, 0.29) is 5.78 Å². The van der Waals surface area contributed by atoms with Gasteiger partial charge in [0.15, 0.2) is 5.78 Å². The molecule has 20 heavy (non-hydrogen) atoms. The van der Waals surface area contributed by atoms with Gasteiger partial charge in [0.25, 0.3) is 0 Å². The SMILES string of the molecule is COC(=O)c1ccc2c(c1)C(=O)c1ccccc1CO2. The Hall–Kier alpha value is -2.62. The predicted molar refractivity (Wildman–Crippen MR) is 72.0 cm³/mol. The minimum Gasteiger partial charge on any atom is -0.488 e. The molecule has 4 nitrogen and oxygen atoms in total. The summed E-state index contributed by atoms with van der Waals surface area (Å²) in [6, 6.07) is 12.0. The van der Waals surface area contributed by atoms with Crippen molar-refractivity contribution in [2.45, 2.75) is 6.61 Å². The molecule has 0 atom stereocenters. The Morgan fingerprint density at radius 3 is 2.75 bits per heavy atom. The smallest absolute Gasteiger partial charge is 0.337 e. The van der Waals surface area contributed by atoms with E-state index in [2.05, 4.69) is 4.74 Å². The quantitative estimate of drug-likeness (QED) is 0.746. The van der Waals surface area contributed by atoms with Crippen molar-refractivity contribution in [1.29, 1.82) is 0 Å². The predicted octanol–water partition coefficient (Wildman–Crippen LogP) is 2.60. The van der Waals surface area contributed by atoms with Gasteiger partial charge < -0.3 is 9.47 Å². The van der Waals surface area contributed by atoms with Crippen molar-refractivity contribution in [1.82, 2.24) is 0 Å². The van der Waals surface area contributed by atoms with Crippen molar-refractivity contribution in [3.05, 3.63) is 64.7 Å². The fourth-order valence-corrected chi connectivity index (χ4v) is 2.25. The molecule has 0 aromatic heterocycles. The second-order valence-electron chi connectivity index (χ2n) is 4.48. The van der Waals surface area contributed by atoms with Crippen LogP contribution in [0.15, 0.2) is 42.5 Å². The monoisotopic (exact) mass is 268 g/mol. The van der Waals surface area contributed by atoms with Crippen LogP contribution < -0.4 is 4.74 Å². The average Bonchev–Trinajstić information content (AvgIpc) is 2.64. The van der Waals surface area contributed by atoms with Crippen molar-refractivity contribution in [2.75, 3.05) is 7.11 Å². The topological polar surface area (TPSA) is 52.6 Å². The van der Waals surface area contributed by atoms with E-state index >= 15 is 0 Å². The molecule has 1 aliphatic rings. The first kappa shape index (κ1) is 12.4. The summed E-state index contributed by atoms with van der Waals surface area (Å²) in [5.74, 6) is -0.129. The van der Waals surface area contributed by atoms with E-state index < -0.39 is 5.97 Å². The number of ether oxygens (including phenoxy) is 2. The maximum absolute atomic E-state index is 12.6. The summed E-state index contributed by atoms with van der Waals surface area (Å²) in [7, 11) is 1.31. The van der Waals surface area contributed by atoms with E-state index in [1.54, 1.807) is 18.2 Å². The molecule has 0 spiro atoms. The number of carbonyl (C=O) groups is 2. The number of hydrogen-bond acceptors (Lipinski definition) is 4. The molecule has 0 saturated heterocycles. The highest BCUT2D eigenvalue weighted by Gasteiger charge is 2.23. The third kappa shape index (κ3) is 1.95. The number of hydrogen-bond donors (Lipinski definition) is 0. The first-order chi connectivity index (χ1) is 9.70. The molecule has 4 heteroatoms. The van der Waals surface area contributed by atoms with E-state index in [9.17, 15) is 9.59 Å². The lowest BCUT2D eigenvalue weighted by Gasteiger charge is -2.07. The van der Waals surface area contributed by atoms with Crippen molar-refractivity contribution < 1.29 is 19.1 Å². The van der Waals surface area contributed by atoms with E-state index in [0.717, 1.165) is 5.56 Å². The van der Waals surface area contributed by atoms with Crippen LogP contribution in [-0.4, -0.2) is 18.9 Å². The number of ketones is 1. The number of benzene rings is 2. The highest BCUT2D eigenvalue weighted by molar-refractivity contribution is 6.12. The molecule has 1 aliphatic heterocycles. The summed E-state index contributed by atoms with van der Waals surface area (Å²) in [5, 5.41) is 0. The number of methoxy groups -OCH3 is 1. The highest BCUT2D eigenvalue weighted by atomic mass is 16.5. The molecule has 2 aromatic carbocycles. The fourth-order valence-electron chi connectivity index (χ4n) is 2.25. The Morgan fingerprint density at radius 1 is 1.15 bits per heavy atom. The zero-order chi connectivity index (χ0) is 14.1. The molecule has 0 N–H and O–H groups in total. The molecule has 100 valence electrons. The molecule has 0 fully saturated rings. The normalized spacial score (nSPS) is 12.8. The van der Waals surface area contributed by atoms with Gasteiger partial charge >= 0.3 is 5.97 Å². The molecular formula is C16H12O4. The number of rotatable bonds is 1. The van der Waals surface area contributed by atoms with Crippen molar-refractivity contribution in [3.8, 4) is 5.75 Å². The standard InChI is InChI=1S/C16H12O4/c1-19-16(18)10-6-7-14-13(8-10)15(17)12-5-3-2-4-11(12)9-20-14/h2-8H,9H2,1H3. The van der Waals surface area contributed by atoms with E-state index in [1.807, 2.05) is 18.2 Å². The number of carbonyl (C=O) groups excluding carboxylic acids is 2. The maximum Gasteiger partial charge on any atom is 0.337 e. The fraction of sp³-hybridized carbons (Fsp3) is 0.125. The Bertz CT molecular complexity index is 703. The second-order valence-corrected chi connectivity index (χ2v) is 4.48. The van der Waals surface area contributed by atoms with Crippen LogP contribution in [-0.2, 0) is 11.3 Å². The van der Waals surface area contributed by atoms with Gasteiger partial charge in [0.05, 0.1) is 18.2 Å². The van der Waals surface area contributed by atoms with Gasteiger partial charge in [0.2, 0.25) is 0 Å². The lowest BCUT2D eigenvalue weighted by atomic mass is 9.98. The lowest BCUT2D eigenvalue weighted by Crippen LogP contribution is -2.06. The molecule has 2 aromatic rings. The number of fused-ring (bicyclic) bond motifs is 2. The summed E-state index contributed by atoms with van der Waals surface area (Å²) in [6.07, 6.45) is 0. The lowest BCUT2D eigenvalue weighted by molar-refractivity contribution is 0.0600. The third-order valence-corrected chi connectivity index (χ3v) is 3.29. The van der Waals surface area contributed by atoms with Gasteiger partial charge in [-0.3, -0.25) is 4.79 Å². The Kier molecular flexibility index (Phi) is 2.99. The van der Waals surface area contributed by atoms with Gasteiger partial charge in [0.1, 0.15) is 12.4 Å². The van der Waals surface area contributed by atoms with Crippen LogP contribution in [0.25, 0.3) is 0 Å². The van der Waals surface area contributed by atoms with Crippen LogP contribution >= 0.6 is 0 Å². The number of esters is 1. The molecule has 0 amide bonds. The molecule has 0 bridgehead atoms. The summed E-state index contributed by atoms with van der Waals surface area (Å²) in [5.41, 5.74) is 2.17. The molecule has 0 unspecified atom stereocenters. The van der Waals surface area contributed by atoms with Gasteiger partial charge in [0, 0.05) is 11.1 Å². The first-order valence-corrected chi connectivity index (χ1v) is 6.18. The molecular weight excluding hydrogens is 256 g/mol. The zero-order valence-corrected chi connectivity index (χ0v) is 10.9. The highest BCUT2D eigenvalue weighted by Crippen LogP contribution is 2.29. The summed E-state index contributed by atoms with van der Waals surface area (Å²) >= 11 is 0. The molecule has 0 saturated carbocycles. The van der Waals surface area contributed by atoms with Crippen LogP contribution in [0.4, 0.5) is 0 Å². The zero-order valence-electron chi connectivity index (χ0n) is 10.9. The van der Waals surface area contributed by atoms with Gasteiger partial charge in [-0.05, 0) is 18.2 Å². The van der Waals surface area contributed by atoms with Crippen LogP contribution in [0.1, 0.15) is 31.8 Å². The summed E-state index contributed by atoms with van der Waals surface area (Å²) in [6.45, 7) is 0.340. The van der Waals surface area contributed by atoms with Gasteiger partial charge in [-0.1, -0.05) is 24.3 Å². The van der Waals surface area contributed by atoms with Gasteiger partial charge in [-0.15, -0.1) is 0 Å². The Morgan fingerprint density at radius 2 is 1.95 bits per heavy atom. The maximum atomic E-state index is 12.6. The molecule has 3 rings (SSSR count). The van der Waals surface area contributed by atoms with Crippen molar-refractivity contribution in [2.24, 2.45) is 0 Å². The minimum atomic E-state index is -0.474. The van der Waals surface area contributed by atoms with E-state index in [1.165, 1.54) is 13.2 Å². The summed E-state index contributed by atoms with van der Waals surface area (Å²) < 4.78 is 10.3. The van der Waals surface area contributed by atoms with Crippen LogP contribution in [0.3, 0.4) is 0 Å². The minimum absolute atomic E-state index is 0.140. The third-order valence-electron chi connectivity index (χ3n) is 3.29. The van der Waals surface area contributed by atoms with Crippen molar-refractivity contribution >= 4 is 11.8 Å². The average molecular weight is 268 g/mol. The summed E-state index contributed by atoms with van der Waals surface area (Å²) in [4.78, 5) is 24.1. The second kappa shape index (κ2) is 4.81. The molecule has 0 radical (unpaired) electrons. The molecule has 0 aliphatic carbocycles. The van der Waals surface area contributed by atoms with E-state index in [0.29, 0.717) is 29.0 Å².